The molecule has 0 saturated heterocycles. The molecule has 0 aromatic heterocycles. The van der Waals surface area contributed by atoms with Gasteiger partial charge in [0.25, 0.3) is 18.1 Å². The SMILES string of the molecule is C=C[SiH](Cc1ccccc1)Oc1ccc2cc3cccc(O[SiH](C=C)Cc4ccccc4)c3cc2c1. The summed E-state index contributed by atoms with van der Waals surface area (Å²) >= 11 is 0. The Labute approximate surface area is 216 Å². The molecule has 0 fully saturated rings. The highest BCUT2D eigenvalue weighted by atomic mass is 28.3. The van der Waals surface area contributed by atoms with Gasteiger partial charge in [-0.1, -0.05) is 90.3 Å². The fourth-order valence-corrected chi connectivity index (χ4v) is 7.72. The van der Waals surface area contributed by atoms with Crippen LogP contribution in [0.4, 0.5) is 0 Å². The summed E-state index contributed by atoms with van der Waals surface area (Å²) in [6, 6.07) is 40.0. The monoisotopic (exact) mass is 502 g/mol. The molecule has 0 N–H and O–H groups in total. The van der Waals surface area contributed by atoms with Gasteiger partial charge in [0, 0.05) is 17.5 Å². The topological polar surface area (TPSA) is 18.5 Å². The van der Waals surface area contributed by atoms with E-state index in [1.54, 1.807) is 0 Å². The third-order valence-electron chi connectivity index (χ3n) is 6.42. The third-order valence-corrected chi connectivity index (χ3v) is 10.4. The molecule has 0 saturated carbocycles. The van der Waals surface area contributed by atoms with Crippen LogP contribution in [0.25, 0.3) is 21.5 Å². The van der Waals surface area contributed by atoms with Crippen molar-refractivity contribution in [2.45, 2.75) is 12.1 Å². The molecular formula is C32H30O2Si2. The molecule has 178 valence electrons. The summed E-state index contributed by atoms with van der Waals surface area (Å²) in [5, 5.41) is 4.63. The van der Waals surface area contributed by atoms with Crippen LogP contribution >= 0.6 is 0 Å². The van der Waals surface area contributed by atoms with E-state index in [4.69, 9.17) is 8.85 Å². The summed E-state index contributed by atoms with van der Waals surface area (Å²) in [6.45, 7) is 8.13. The summed E-state index contributed by atoms with van der Waals surface area (Å²) in [4.78, 5) is 0. The Bertz CT molecular complexity index is 1480. The first-order valence-corrected chi connectivity index (χ1v) is 16.3. The zero-order valence-electron chi connectivity index (χ0n) is 20.3. The fraction of sp³-hybridized carbons (Fsp3) is 0.0625. The lowest BCUT2D eigenvalue weighted by molar-refractivity contribution is 0.577. The summed E-state index contributed by atoms with van der Waals surface area (Å²) in [7, 11) is -3.30. The third kappa shape index (κ3) is 5.67. The molecule has 0 spiro atoms. The molecule has 0 aliphatic carbocycles. The van der Waals surface area contributed by atoms with E-state index >= 15 is 0 Å². The van der Waals surface area contributed by atoms with Crippen molar-refractivity contribution in [2.24, 2.45) is 0 Å². The Morgan fingerprint density at radius 3 is 1.83 bits per heavy atom. The summed E-state index contributed by atoms with van der Waals surface area (Å²) in [5.74, 6) is 1.82. The maximum absolute atomic E-state index is 6.59. The predicted octanol–water partition coefficient (Wildman–Crippen LogP) is 7.21. The summed E-state index contributed by atoms with van der Waals surface area (Å²) in [5.41, 5.74) is 6.61. The van der Waals surface area contributed by atoms with Crippen molar-refractivity contribution in [1.82, 2.24) is 0 Å². The van der Waals surface area contributed by atoms with Gasteiger partial charge < -0.3 is 8.85 Å². The smallest absolute Gasteiger partial charge is 0.263 e. The van der Waals surface area contributed by atoms with Gasteiger partial charge in [-0.25, -0.2) is 0 Å². The second-order valence-electron chi connectivity index (χ2n) is 9.00. The van der Waals surface area contributed by atoms with Gasteiger partial charge in [-0.15, -0.1) is 13.2 Å². The van der Waals surface area contributed by atoms with E-state index in [0.29, 0.717) is 0 Å². The minimum atomic E-state index is -1.67. The number of benzene rings is 5. The molecule has 0 bridgehead atoms. The first-order chi connectivity index (χ1) is 17.7. The molecular weight excluding hydrogens is 473 g/mol. The lowest BCUT2D eigenvalue weighted by Crippen LogP contribution is -2.23. The molecule has 0 radical (unpaired) electrons. The van der Waals surface area contributed by atoms with Crippen LogP contribution in [-0.4, -0.2) is 18.1 Å². The Balaban J connectivity index is 1.41. The zero-order valence-corrected chi connectivity index (χ0v) is 22.7. The van der Waals surface area contributed by atoms with E-state index in [1.807, 2.05) is 23.5 Å². The molecule has 0 heterocycles. The first kappa shape index (κ1) is 23.9. The average molecular weight is 503 g/mol. The Morgan fingerprint density at radius 2 is 1.19 bits per heavy atom. The van der Waals surface area contributed by atoms with E-state index in [-0.39, 0.29) is 0 Å². The van der Waals surface area contributed by atoms with Crippen molar-refractivity contribution >= 4 is 39.6 Å². The molecule has 2 atom stereocenters. The van der Waals surface area contributed by atoms with Crippen molar-refractivity contribution in [1.29, 1.82) is 0 Å². The van der Waals surface area contributed by atoms with Crippen LogP contribution in [0.2, 0.25) is 0 Å². The zero-order chi connectivity index (χ0) is 24.7. The average Bonchev–Trinajstić information content (AvgIpc) is 2.92. The highest BCUT2D eigenvalue weighted by molar-refractivity contribution is 6.58. The predicted molar refractivity (Wildman–Crippen MR) is 158 cm³/mol. The first-order valence-electron chi connectivity index (χ1n) is 12.3. The number of hydrogen-bond donors (Lipinski definition) is 0. The van der Waals surface area contributed by atoms with Crippen molar-refractivity contribution in [3.63, 3.8) is 0 Å². The highest BCUT2D eigenvalue weighted by Gasteiger charge is 2.14. The summed E-state index contributed by atoms with van der Waals surface area (Å²) in [6.07, 6.45) is 0. The number of hydrogen-bond acceptors (Lipinski definition) is 2. The van der Waals surface area contributed by atoms with E-state index in [2.05, 4.69) is 110 Å². The van der Waals surface area contributed by atoms with Crippen molar-refractivity contribution in [3.05, 3.63) is 145 Å². The van der Waals surface area contributed by atoms with Crippen molar-refractivity contribution < 1.29 is 8.85 Å². The van der Waals surface area contributed by atoms with E-state index in [0.717, 1.165) is 34.4 Å². The van der Waals surface area contributed by atoms with Gasteiger partial charge in [-0.2, -0.15) is 0 Å². The summed E-state index contributed by atoms with van der Waals surface area (Å²) < 4.78 is 13.0. The Hall–Kier alpha value is -3.87. The largest absolute Gasteiger partial charge is 0.542 e. The van der Waals surface area contributed by atoms with Crippen molar-refractivity contribution in [2.75, 3.05) is 0 Å². The van der Waals surface area contributed by atoms with Gasteiger partial charge in [0.2, 0.25) is 0 Å². The normalized spacial score (nSPS) is 12.7. The highest BCUT2D eigenvalue weighted by Crippen LogP contribution is 2.32. The van der Waals surface area contributed by atoms with Crippen LogP contribution in [0.5, 0.6) is 11.5 Å². The fourth-order valence-electron chi connectivity index (χ4n) is 4.53. The van der Waals surface area contributed by atoms with Crippen LogP contribution in [0, 0.1) is 0 Å². The van der Waals surface area contributed by atoms with Crippen LogP contribution in [-0.2, 0) is 12.1 Å². The molecule has 2 unspecified atom stereocenters. The van der Waals surface area contributed by atoms with Crippen LogP contribution < -0.4 is 8.85 Å². The van der Waals surface area contributed by atoms with Gasteiger partial charge in [0.1, 0.15) is 11.5 Å². The maximum Gasteiger partial charge on any atom is 0.263 e. The standard InChI is InChI=1S/C32H30O2Si2/c1-3-35(23-25-12-7-5-8-13-25)33-30-19-18-27-20-28-16-11-17-32(31(28)22-29(27)21-30)34-36(4-2)24-26-14-9-6-10-15-26/h3-22,35-36H,1-2,23-24H2. The number of fused-ring (bicyclic) bond motifs is 2. The molecule has 5 aromatic rings. The maximum atomic E-state index is 6.59. The van der Waals surface area contributed by atoms with E-state index in [9.17, 15) is 0 Å². The van der Waals surface area contributed by atoms with E-state index in [1.165, 1.54) is 21.9 Å². The molecule has 4 heteroatoms. The Kier molecular flexibility index (Phi) is 7.45. The molecule has 0 aliphatic heterocycles. The van der Waals surface area contributed by atoms with Gasteiger partial charge in [0.15, 0.2) is 0 Å². The lowest BCUT2D eigenvalue weighted by atomic mass is 10.0. The Morgan fingerprint density at radius 1 is 0.556 bits per heavy atom. The second-order valence-corrected chi connectivity index (χ2v) is 13.4. The quantitative estimate of drug-likeness (QED) is 0.148. The molecule has 0 aliphatic rings. The molecule has 5 aromatic carbocycles. The van der Waals surface area contributed by atoms with Gasteiger partial charge in [-0.05, 0) is 57.6 Å². The minimum absolute atomic E-state index is 0.898. The second kappa shape index (κ2) is 11.2. The minimum Gasteiger partial charge on any atom is -0.542 e. The van der Waals surface area contributed by atoms with Crippen LogP contribution in [0.1, 0.15) is 11.1 Å². The van der Waals surface area contributed by atoms with Crippen LogP contribution in [0.3, 0.4) is 0 Å². The lowest BCUT2D eigenvalue weighted by Gasteiger charge is -2.17. The molecule has 5 rings (SSSR count). The van der Waals surface area contributed by atoms with Gasteiger partial charge in [-0.3, -0.25) is 0 Å². The van der Waals surface area contributed by atoms with Gasteiger partial charge in [0.05, 0.1) is 0 Å². The van der Waals surface area contributed by atoms with E-state index < -0.39 is 18.1 Å². The molecule has 2 nitrogen and oxygen atoms in total. The van der Waals surface area contributed by atoms with Crippen LogP contribution in [0.15, 0.2) is 134 Å². The number of rotatable bonds is 10. The molecule has 0 amide bonds. The molecule has 36 heavy (non-hydrogen) atoms. The van der Waals surface area contributed by atoms with Crippen molar-refractivity contribution in [3.8, 4) is 11.5 Å². The van der Waals surface area contributed by atoms with Gasteiger partial charge >= 0.3 is 0 Å².